The number of piperidine rings is 1. The third-order valence-corrected chi connectivity index (χ3v) is 6.34. The maximum atomic E-state index is 12.7. The lowest BCUT2D eigenvalue weighted by molar-refractivity contribution is -0.142. The van der Waals surface area contributed by atoms with Gasteiger partial charge in [-0.2, -0.15) is 4.31 Å². The molecule has 2 rings (SSSR count). The lowest BCUT2D eigenvalue weighted by Gasteiger charge is -2.31. The van der Waals surface area contributed by atoms with E-state index in [0.717, 1.165) is 4.47 Å². The van der Waals surface area contributed by atoms with Crippen LogP contribution in [0.25, 0.3) is 0 Å². The monoisotopic (exact) mass is 418 g/mol. The number of carboxylic acid groups (broad SMARTS) is 1. The number of carbonyl (C=O) groups excluding carboxylic acids is 1. The second-order valence-corrected chi connectivity index (χ2v) is 8.58. The molecule has 1 aromatic rings. The first-order valence-corrected chi connectivity index (χ1v) is 9.74. The molecule has 2 N–H and O–H groups in total. The van der Waals surface area contributed by atoms with Crippen molar-refractivity contribution in [2.75, 3.05) is 13.1 Å². The molecule has 0 bridgehead atoms. The number of nitrogens with zero attached hydrogens (tertiary/aromatic N) is 1. The summed E-state index contributed by atoms with van der Waals surface area (Å²) in [6, 6.07) is 5.31. The fourth-order valence-corrected chi connectivity index (χ4v) is 4.31. The molecular weight excluding hydrogens is 400 g/mol. The fraction of sp³-hybridized carbons (Fsp3) is 0.467. The van der Waals surface area contributed by atoms with Gasteiger partial charge < -0.3 is 10.4 Å². The molecule has 1 aliphatic heterocycles. The topological polar surface area (TPSA) is 104 Å². The lowest BCUT2D eigenvalue weighted by atomic mass is 9.98. The SMILES string of the molecule is C[C@@H](NC(=O)C1CCCN(S(=O)(=O)c2ccc(Br)cc2)C1)C(=O)O. The first kappa shape index (κ1) is 18.9. The number of nitrogens with one attached hydrogen (secondary N) is 1. The standard InChI is InChI=1S/C15H19BrN2O5S/c1-10(15(20)21)17-14(19)11-3-2-8-18(9-11)24(22,23)13-6-4-12(16)5-7-13/h4-7,10-11H,2-3,8-9H2,1H3,(H,17,19)(H,20,21)/t10-,11?/m1/s1. The summed E-state index contributed by atoms with van der Waals surface area (Å²) in [4.78, 5) is 23.2. The van der Waals surface area contributed by atoms with E-state index in [4.69, 9.17) is 5.11 Å². The molecule has 1 amide bonds. The molecule has 1 aliphatic rings. The summed E-state index contributed by atoms with van der Waals surface area (Å²) in [5.41, 5.74) is 0. The highest BCUT2D eigenvalue weighted by atomic mass is 79.9. The first-order valence-electron chi connectivity index (χ1n) is 7.50. The zero-order valence-corrected chi connectivity index (χ0v) is 15.5. The minimum absolute atomic E-state index is 0.0522. The number of rotatable bonds is 5. The Kier molecular flexibility index (Phi) is 6.00. The molecule has 0 saturated carbocycles. The minimum Gasteiger partial charge on any atom is -0.480 e. The van der Waals surface area contributed by atoms with E-state index in [1.54, 1.807) is 12.1 Å². The van der Waals surface area contributed by atoms with Gasteiger partial charge in [0.05, 0.1) is 10.8 Å². The number of benzene rings is 1. The predicted octanol–water partition coefficient (Wildman–Crippen LogP) is 1.44. The van der Waals surface area contributed by atoms with E-state index in [1.807, 2.05) is 0 Å². The van der Waals surface area contributed by atoms with Crippen LogP contribution < -0.4 is 5.32 Å². The molecule has 2 atom stereocenters. The van der Waals surface area contributed by atoms with Crippen molar-refractivity contribution in [3.05, 3.63) is 28.7 Å². The Labute approximate surface area is 149 Å². The molecule has 0 radical (unpaired) electrons. The summed E-state index contributed by atoms with van der Waals surface area (Å²) < 4.78 is 27.4. The largest absolute Gasteiger partial charge is 0.480 e. The zero-order chi connectivity index (χ0) is 17.9. The van der Waals surface area contributed by atoms with Crippen LogP contribution in [0.2, 0.25) is 0 Å². The molecule has 132 valence electrons. The van der Waals surface area contributed by atoms with Gasteiger partial charge in [0.25, 0.3) is 0 Å². The minimum atomic E-state index is -3.67. The Bertz CT molecular complexity index is 720. The van der Waals surface area contributed by atoms with Gasteiger partial charge in [0.1, 0.15) is 6.04 Å². The Morgan fingerprint density at radius 1 is 1.33 bits per heavy atom. The van der Waals surface area contributed by atoms with Crippen molar-refractivity contribution in [1.29, 1.82) is 0 Å². The van der Waals surface area contributed by atoms with E-state index in [0.29, 0.717) is 19.4 Å². The molecule has 9 heteroatoms. The summed E-state index contributed by atoms with van der Waals surface area (Å²) in [6.45, 7) is 1.77. The van der Waals surface area contributed by atoms with Crippen molar-refractivity contribution in [3.63, 3.8) is 0 Å². The number of carboxylic acids is 1. The highest BCUT2D eigenvalue weighted by Crippen LogP contribution is 2.25. The van der Waals surface area contributed by atoms with Crippen LogP contribution >= 0.6 is 15.9 Å². The number of carbonyl (C=O) groups is 2. The van der Waals surface area contributed by atoms with E-state index in [-0.39, 0.29) is 11.4 Å². The van der Waals surface area contributed by atoms with Crippen molar-refractivity contribution in [3.8, 4) is 0 Å². The average Bonchev–Trinajstić information content (AvgIpc) is 2.55. The van der Waals surface area contributed by atoms with Gasteiger partial charge in [-0.3, -0.25) is 9.59 Å². The van der Waals surface area contributed by atoms with Crippen molar-refractivity contribution in [2.24, 2.45) is 5.92 Å². The average molecular weight is 419 g/mol. The fourth-order valence-electron chi connectivity index (χ4n) is 2.52. The number of amides is 1. The second kappa shape index (κ2) is 7.62. The van der Waals surface area contributed by atoms with E-state index < -0.39 is 33.9 Å². The van der Waals surface area contributed by atoms with E-state index >= 15 is 0 Å². The Balaban J connectivity index is 2.11. The molecule has 0 aromatic heterocycles. The highest BCUT2D eigenvalue weighted by Gasteiger charge is 2.34. The third kappa shape index (κ3) is 4.34. The lowest BCUT2D eigenvalue weighted by Crippen LogP contribution is -2.48. The molecule has 24 heavy (non-hydrogen) atoms. The summed E-state index contributed by atoms with van der Waals surface area (Å²) in [7, 11) is -3.67. The summed E-state index contributed by atoms with van der Waals surface area (Å²) in [5.74, 6) is -2.11. The van der Waals surface area contributed by atoms with E-state index in [9.17, 15) is 18.0 Å². The molecule has 1 aromatic carbocycles. The first-order chi connectivity index (χ1) is 11.2. The molecule has 0 spiro atoms. The van der Waals surface area contributed by atoms with Gasteiger partial charge >= 0.3 is 5.97 Å². The number of sulfonamides is 1. The van der Waals surface area contributed by atoms with Crippen LogP contribution in [0.4, 0.5) is 0 Å². The smallest absolute Gasteiger partial charge is 0.325 e. The van der Waals surface area contributed by atoms with Crippen LogP contribution in [0, 0.1) is 5.92 Å². The Morgan fingerprint density at radius 2 is 1.96 bits per heavy atom. The van der Waals surface area contributed by atoms with Crippen LogP contribution in [-0.4, -0.2) is 48.8 Å². The van der Waals surface area contributed by atoms with E-state index in [1.165, 1.54) is 23.4 Å². The van der Waals surface area contributed by atoms with Gasteiger partial charge in [-0.05, 0) is 44.0 Å². The van der Waals surface area contributed by atoms with Gasteiger partial charge in [0.2, 0.25) is 15.9 Å². The van der Waals surface area contributed by atoms with Crippen LogP contribution in [-0.2, 0) is 19.6 Å². The molecular formula is C15H19BrN2O5S. The van der Waals surface area contributed by atoms with Crippen LogP contribution in [0.3, 0.4) is 0 Å². The number of hydrogen-bond acceptors (Lipinski definition) is 4. The molecule has 1 heterocycles. The van der Waals surface area contributed by atoms with Crippen molar-refractivity contribution < 1.29 is 23.1 Å². The van der Waals surface area contributed by atoms with Gasteiger partial charge in [-0.25, -0.2) is 8.42 Å². The molecule has 1 unspecified atom stereocenters. The molecule has 1 fully saturated rings. The van der Waals surface area contributed by atoms with Gasteiger partial charge in [-0.15, -0.1) is 0 Å². The normalized spacial score (nSPS) is 20.3. The molecule has 0 aliphatic carbocycles. The summed E-state index contributed by atoms with van der Waals surface area (Å²) >= 11 is 3.26. The van der Waals surface area contributed by atoms with Crippen LogP contribution in [0.15, 0.2) is 33.6 Å². The summed E-state index contributed by atoms with van der Waals surface area (Å²) in [5, 5.41) is 11.3. The van der Waals surface area contributed by atoms with Crippen LogP contribution in [0.1, 0.15) is 19.8 Å². The number of halogens is 1. The zero-order valence-electron chi connectivity index (χ0n) is 13.1. The third-order valence-electron chi connectivity index (χ3n) is 3.94. The van der Waals surface area contributed by atoms with Crippen molar-refractivity contribution >= 4 is 37.8 Å². The maximum Gasteiger partial charge on any atom is 0.325 e. The van der Waals surface area contributed by atoms with E-state index in [2.05, 4.69) is 21.2 Å². The van der Waals surface area contributed by atoms with Gasteiger partial charge in [0, 0.05) is 17.6 Å². The van der Waals surface area contributed by atoms with Crippen LogP contribution in [0.5, 0.6) is 0 Å². The van der Waals surface area contributed by atoms with Gasteiger partial charge in [-0.1, -0.05) is 15.9 Å². The predicted molar refractivity (Wildman–Crippen MR) is 90.9 cm³/mol. The second-order valence-electron chi connectivity index (χ2n) is 5.72. The quantitative estimate of drug-likeness (QED) is 0.752. The maximum absolute atomic E-state index is 12.7. The number of aliphatic carboxylic acids is 1. The van der Waals surface area contributed by atoms with Gasteiger partial charge in [0.15, 0.2) is 0 Å². The molecule has 7 nitrogen and oxygen atoms in total. The Morgan fingerprint density at radius 3 is 2.54 bits per heavy atom. The Hall–Kier alpha value is -1.45. The van der Waals surface area contributed by atoms with Crippen molar-refractivity contribution in [1.82, 2.24) is 9.62 Å². The number of hydrogen-bond donors (Lipinski definition) is 2. The highest BCUT2D eigenvalue weighted by molar-refractivity contribution is 9.10. The molecule has 1 saturated heterocycles. The van der Waals surface area contributed by atoms with Crippen molar-refractivity contribution in [2.45, 2.75) is 30.7 Å². The summed E-state index contributed by atoms with van der Waals surface area (Å²) in [6.07, 6.45) is 1.08.